The fourth-order valence-corrected chi connectivity index (χ4v) is 3.33. The molecule has 0 bridgehead atoms. The minimum Gasteiger partial charge on any atom is -0.360 e. The number of rotatable bonds is 4. The molecule has 25 heavy (non-hydrogen) atoms. The molecule has 6 heteroatoms. The van der Waals surface area contributed by atoms with Crippen LogP contribution in [0.4, 0.5) is 0 Å². The average molecular weight is 347 g/mol. The first kappa shape index (κ1) is 15.7. The van der Waals surface area contributed by atoms with E-state index in [4.69, 9.17) is 0 Å². The number of carbonyl (C=O) groups excluding carboxylic acids is 1. The molecule has 1 aliphatic rings. The Morgan fingerprint density at radius 1 is 1.28 bits per heavy atom. The van der Waals surface area contributed by atoms with Gasteiger partial charge in [-0.15, -0.1) is 11.3 Å². The predicted octanol–water partition coefficient (Wildman–Crippen LogP) is 3.84. The number of ketones is 1. The minimum atomic E-state index is -0.0944. The number of nitrogens with one attached hydrogen (secondary N) is 1. The average Bonchev–Trinajstić information content (AvgIpc) is 3.22. The third-order valence-corrected chi connectivity index (χ3v) is 4.84. The molecule has 1 radical (unpaired) electrons. The Morgan fingerprint density at radius 3 is 2.84 bits per heavy atom. The summed E-state index contributed by atoms with van der Waals surface area (Å²) in [6.45, 7) is 1.94. The smallest absolute Gasteiger partial charge is 0.223 e. The summed E-state index contributed by atoms with van der Waals surface area (Å²) in [5, 5.41) is 3.16. The van der Waals surface area contributed by atoms with E-state index in [1.165, 1.54) is 11.3 Å². The molecule has 2 aromatic heterocycles. The van der Waals surface area contributed by atoms with E-state index in [0.717, 1.165) is 22.2 Å². The van der Waals surface area contributed by atoms with Gasteiger partial charge in [-0.1, -0.05) is 24.3 Å². The van der Waals surface area contributed by atoms with Crippen molar-refractivity contribution in [2.75, 3.05) is 7.05 Å². The van der Waals surface area contributed by atoms with E-state index in [9.17, 15) is 4.79 Å². The molecule has 0 fully saturated rings. The Balaban J connectivity index is 1.65. The Bertz CT molecular complexity index is 1070. The highest BCUT2D eigenvalue weighted by Gasteiger charge is 2.19. The van der Waals surface area contributed by atoms with Crippen molar-refractivity contribution in [1.82, 2.24) is 9.97 Å². The lowest BCUT2D eigenvalue weighted by molar-refractivity contribution is 0.104. The highest BCUT2D eigenvalue weighted by Crippen LogP contribution is 2.23. The van der Waals surface area contributed by atoms with Crippen molar-refractivity contribution in [3.8, 4) is 0 Å². The second-order valence-corrected chi connectivity index (χ2v) is 6.51. The van der Waals surface area contributed by atoms with Crippen LogP contribution in [0.25, 0.3) is 10.9 Å². The number of aliphatic imine (C=N–C) groups is 2. The number of amidine groups is 1. The van der Waals surface area contributed by atoms with Gasteiger partial charge >= 0.3 is 0 Å². The van der Waals surface area contributed by atoms with Crippen LogP contribution >= 0.6 is 11.3 Å². The van der Waals surface area contributed by atoms with Gasteiger partial charge in [-0.25, -0.2) is 9.98 Å². The van der Waals surface area contributed by atoms with Crippen LogP contribution < -0.4 is 0 Å². The summed E-state index contributed by atoms with van der Waals surface area (Å²) < 4.78 is 0. The molecule has 1 aliphatic carbocycles. The van der Waals surface area contributed by atoms with Crippen LogP contribution in [-0.4, -0.2) is 34.3 Å². The van der Waals surface area contributed by atoms with Gasteiger partial charge in [0, 0.05) is 41.7 Å². The molecule has 2 heterocycles. The van der Waals surface area contributed by atoms with E-state index in [2.05, 4.69) is 20.0 Å². The molecule has 0 spiro atoms. The first-order valence-corrected chi connectivity index (χ1v) is 8.69. The number of fused-ring (bicyclic) bond motifs is 1. The van der Waals surface area contributed by atoms with Gasteiger partial charge in [0.15, 0.2) is 10.8 Å². The molecule has 4 rings (SSSR count). The zero-order valence-corrected chi connectivity index (χ0v) is 14.6. The Morgan fingerprint density at radius 2 is 2.08 bits per heavy atom. The molecule has 123 valence electrons. The van der Waals surface area contributed by atoms with Crippen LogP contribution in [0.15, 0.2) is 57.5 Å². The summed E-state index contributed by atoms with van der Waals surface area (Å²) in [7, 11) is 1.68. The lowest BCUT2D eigenvalue weighted by atomic mass is 10.1. The van der Waals surface area contributed by atoms with Crippen molar-refractivity contribution < 1.29 is 4.79 Å². The number of benzene rings is 1. The summed E-state index contributed by atoms with van der Waals surface area (Å²) in [5.41, 5.74) is 4.21. The highest BCUT2D eigenvalue weighted by atomic mass is 32.1. The van der Waals surface area contributed by atoms with E-state index < -0.39 is 0 Å². The van der Waals surface area contributed by atoms with Crippen molar-refractivity contribution in [3.63, 3.8) is 0 Å². The maximum absolute atomic E-state index is 12.8. The maximum atomic E-state index is 12.8. The standard InChI is InChI=1S/C19H15N4OS/c1-11(12-7-8-12)22-18(20-2)16-10-25-19(23-16)17(24)14-9-21-15-6-4-3-5-13(14)15/h3-10,21H,1-2H3. The van der Waals surface area contributed by atoms with Gasteiger partial charge in [-0.3, -0.25) is 9.79 Å². The molecule has 0 atom stereocenters. The molecule has 5 nitrogen and oxygen atoms in total. The van der Waals surface area contributed by atoms with Crippen LogP contribution in [-0.2, 0) is 0 Å². The van der Waals surface area contributed by atoms with Crippen molar-refractivity contribution >= 4 is 39.6 Å². The summed E-state index contributed by atoms with van der Waals surface area (Å²) in [4.78, 5) is 29.1. The Hall–Kier alpha value is -2.86. The number of aromatic nitrogens is 2. The lowest BCUT2D eigenvalue weighted by Gasteiger charge is -1.98. The van der Waals surface area contributed by atoms with Crippen LogP contribution in [0.1, 0.15) is 28.0 Å². The van der Waals surface area contributed by atoms with Gasteiger partial charge in [0.05, 0.1) is 5.56 Å². The van der Waals surface area contributed by atoms with E-state index in [1.54, 1.807) is 13.2 Å². The Labute approximate surface area is 148 Å². The largest absolute Gasteiger partial charge is 0.360 e. The molecule has 0 saturated heterocycles. The fourth-order valence-electron chi connectivity index (χ4n) is 2.58. The van der Waals surface area contributed by atoms with E-state index in [1.807, 2.05) is 49.1 Å². The first-order chi connectivity index (χ1) is 12.2. The second-order valence-electron chi connectivity index (χ2n) is 5.65. The molecule has 1 aromatic carbocycles. The van der Waals surface area contributed by atoms with E-state index in [0.29, 0.717) is 22.1 Å². The summed E-state index contributed by atoms with van der Waals surface area (Å²) in [5.74, 6) is 0.441. The third-order valence-electron chi connectivity index (χ3n) is 4.00. The topological polar surface area (TPSA) is 70.5 Å². The van der Waals surface area contributed by atoms with Gasteiger partial charge in [0.25, 0.3) is 0 Å². The number of aromatic amines is 1. The maximum Gasteiger partial charge on any atom is 0.223 e. The molecule has 0 unspecified atom stereocenters. The van der Waals surface area contributed by atoms with E-state index in [-0.39, 0.29) is 5.78 Å². The molecule has 0 amide bonds. The molecular formula is C19H15N4OS. The number of hydrogen-bond donors (Lipinski definition) is 1. The number of thiazole rings is 1. The number of carbonyl (C=O) groups is 1. The van der Waals surface area contributed by atoms with Gasteiger partial charge in [-0.05, 0) is 18.6 Å². The Kier molecular flexibility index (Phi) is 3.89. The van der Waals surface area contributed by atoms with Crippen LogP contribution in [0.5, 0.6) is 0 Å². The molecular weight excluding hydrogens is 332 g/mol. The summed E-state index contributed by atoms with van der Waals surface area (Å²) in [6, 6.07) is 7.73. The zero-order valence-electron chi connectivity index (χ0n) is 13.8. The highest BCUT2D eigenvalue weighted by molar-refractivity contribution is 7.12. The van der Waals surface area contributed by atoms with Gasteiger partial charge < -0.3 is 4.98 Å². The predicted molar refractivity (Wildman–Crippen MR) is 102 cm³/mol. The van der Waals surface area contributed by atoms with Crippen molar-refractivity contribution in [2.24, 2.45) is 9.98 Å². The number of H-pyrrole nitrogens is 1. The van der Waals surface area contributed by atoms with Crippen LogP contribution in [0.2, 0.25) is 0 Å². The van der Waals surface area contributed by atoms with Crippen molar-refractivity contribution in [3.05, 3.63) is 70.2 Å². The number of para-hydroxylation sites is 1. The molecule has 1 N–H and O–H groups in total. The van der Waals surface area contributed by atoms with Gasteiger partial charge in [-0.2, -0.15) is 0 Å². The molecule has 0 aliphatic heterocycles. The normalized spacial score (nSPS) is 14.7. The van der Waals surface area contributed by atoms with Crippen molar-refractivity contribution in [2.45, 2.75) is 6.92 Å². The zero-order chi connectivity index (χ0) is 17.4. The molecule has 3 aromatic rings. The monoisotopic (exact) mass is 347 g/mol. The minimum absolute atomic E-state index is 0.0944. The quantitative estimate of drug-likeness (QED) is 0.442. The SMILES string of the molecule is CN=C(N=C(C)C1=C[CH]1)c1csc(C(=O)c2c[nH]c3ccccc23)n1. The third kappa shape index (κ3) is 2.96. The number of allylic oxidation sites excluding steroid dienone is 2. The van der Waals surface area contributed by atoms with Gasteiger partial charge in [0.1, 0.15) is 5.69 Å². The number of hydrogen-bond acceptors (Lipinski definition) is 4. The fraction of sp³-hybridized carbons (Fsp3) is 0.105. The lowest BCUT2D eigenvalue weighted by Crippen LogP contribution is -2.05. The van der Waals surface area contributed by atoms with Crippen LogP contribution in [0.3, 0.4) is 0 Å². The van der Waals surface area contributed by atoms with E-state index >= 15 is 0 Å². The number of nitrogens with zero attached hydrogens (tertiary/aromatic N) is 3. The van der Waals surface area contributed by atoms with Gasteiger partial charge in [0.2, 0.25) is 5.78 Å². The summed E-state index contributed by atoms with van der Waals surface area (Å²) >= 11 is 1.31. The van der Waals surface area contributed by atoms with Crippen LogP contribution in [0, 0.1) is 6.42 Å². The first-order valence-electron chi connectivity index (χ1n) is 7.81. The van der Waals surface area contributed by atoms with Crippen molar-refractivity contribution in [1.29, 1.82) is 0 Å². The second kappa shape index (κ2) is 6.22. The summed E-state index contributed by atoms with van der Waals surface area (Å²) in [6.07, 6.45) is 5.73. The molecule has 0 saturated carbocycles.